The van der Waals surface area contributed by atoms with E-state index in [1.807, 2.05) is 0 Å². The molecule has 0 bridgehead atoms. The van der Waals surface area contributed by atoms with Gasteiger partial charge in [-0.25, -0.2) is 8.42 Å². The Balaban J connectivity index is 2.17. The molecule has 0 spiro atoms. The molecule has 0 radical (unpaired) electrons. The van der Waals surface area contributed by atoms with Gasteiger partial charge >= 0.3 is 0 Å². The molecule has 1 saturated carbocycles. The molecule has 0 saturated heterocycles. The smallest absolute Gasteiger partial charge is 0.244 e. The average molecular weight is 270 g/mol. The molecular formula is C12H18N2O3S. The number of aliphatic hydroxyl groups excluding tert-OH is 1. The standard InChI is InChI=1S/C12H18N2O3S/c1-14(8-11(15)9-6-7-9)18(16,17)12-5-3-2-4-10(12)13/h2-5,9,11,15H,6-8,13H2,1H3. The molecule has 5 nitrogen and oxygen atoms in total. The summed E-state index contributed by atoms with van der Waals surface area (Å²) in [5.74, 6) is 0.246. The zero-order valence-corrected chi connectivity index (χ0v) is 11.1. The largest absolute Gasteiger partial charge is 0.398 e. The topological polar surface area (TPSA) is 83.6 Å². The highest BCUT2D eigenvalue weighted by atomic mass is 32.2. The van der Waals surface area contributed by atoms with E-state index in [1.165, 1.54) is 17.4 Å². The summed E-state index contributed by atoms with van der Waals surface area (Å²) in [6, 6.07) is 6.35. The maximum absolute atomic E-state index is 12.3. The van der Waals surface area contributed by atoms with E-state index in [1.54, 1.807) is 18.2 Å². The number of nitrogens with zero attached hydrogens (tertiary/aromatic N) is 1. The van der Waals surface area contributed by atoms with Crippen LogP contribution in [0.4, 0.5) is 5.69 Å². The second-order valence-corrected chi connectivity index (χ2v) is 6.74. The van der Waals surface area contributed by atoms with Crippen molar-refractivity contribution in [3.8, 4) is 0 Å². The first-order valence-electron chi connectivity index (χ1n) is 5.92. The van der Waals surface area contributed by atoms with Crippen LogP contribution in [0.1, 0.15) is 12.8 Å². The molecule has 1 atom stereocenters. The number of benzene rings is 1. The molecule has 3 N–H and O–H groups in total. The van der Waals surface area contributed by atoms with Gasteiger partial charge in [0.1, 0.15) is 4.90 Å². The fourth-order valence-electron chi connectivity index (χ4n) is 1.87. The van der Waals surface area contributed by atoms with Gasteiger partial charge in [0.15, 0.2) is 0 Å². The Morgan fingerprint density at radius 1 is 1.44 bits per heavy atom. The molecule has 100 valence electrons. The number of para-hydroxylation sites is 1. The monoisotopic (exact) mass is 270 g/mol. The second-order valence-electron chi connectivity index (χ2n) is 4.73. The van der Waals surface area contributed by atoms with Crippen molar-refractivity contribution in [2.45, 2.75) is 23.8 Å². The number of nitrogens with two attached hydrogens (primary N) is 1. The summed E-state index contributed by atoms with van der Waals surface area (Å²) < 4.78 is 25.7. The van der Waals surface area contributed by atoms with Crippen LogP contribution in [-0.4, -0.2) is 37.5 Å². The number of likely N-dealkylation sites (N-methyl/N-ethyl adjacent to an activating group) is 1. The van der Waals surface area contributed by atoms with Gasteiger partial charge < -0.3 is 10.8 Å². The van der Waals surface area contributed by atoms with E-state index < -0.39 is 16.1 Å². The number of hydrogen-bond donors (Lipinski definition) is 2. The van der Waals surface area contributed by atoms with Crippen LogP contribution >= 0.6 is 0 Å². The Kier molecular flexibility index (Phi) is 3.61. The van der Waals surface area contributed by atoms with Gasteiger partial charge in [-0.15, -0.1) is 0 Å². The van der Waals surface area contributed by atoms with E-state index in [0.717, 1.165) is 12.8 Å². The molecular weight excluding hydrogens is 252 g/mol. The minimum atomic E-state index is -3.62. The lowest BCUT2D eigenvalue weighted by Gasteiger charge is -2.21. The lowest BCUT2D eigenvalue weighted by molar-refractivity contribution is 0.131. The highest BCUT2D eigenvalue weighted by Crippen LogP contribution is 2.33. The van der Waals surface area contributed by atoms with Crippen molar-refractivity contribution >= 4 is 15.7 Å². The van der Waals surface area contributed by atoms with Gasteiger partial charge in [0, 0.05) is 13.6 Å². The van der Waals surface area contributed by atoms with E-state index in [4.69, 9.17) is 5.73 Å². The first-order valence-corrected chi connectivity index (χ1v) is 7.36. The molecule has 0 aliphatic heterocycles. The van der Waals surface area contributed by atoms with Crippen molar-refractivity contribution in [3.63, 3.8) is 0 Å². The summed E-state index contributed by atoms with van der Waals surface area (Å²) in [7, 11) is -2.16. The Morgan fingerprint density at radius 3 is 2.61 bits per heavy atom. The van der Waals surface area contributed by atoms with Crippen molar-refractivity contribution in [1.82, 2.24) is 4.31 Å². The fourth-order valence-corrected chi connectivity index (χ4v) is 3.18. The number of hydrogen-bond acceptors (Lipinski definition) is 4. The van der Waals surface area contributed by atoms with Gasteiger partial charge in [0.2, 0.25) is 10.0 Å². The minimum absolute atomic E-state index is 0.0931. The second kappa shape index (κ2) is 4.87. The summed E-state index contributed by atoms with van der Waals surface area (Å²) in [5, 5.41) is 9.80. The molecule has 2 rings (SSSR count). The van der Waals surface area contributed by atoms with Crippen molar-refractivity contribution in [3.05, 3.63) is 24.3 Å². The van der Waals surface area contributed by atoms with Gasteiger partial charge in [0.25, 0.3) is 0 Å². The zero-order chi connectivity index (χ0) is 13.3. The van der Waals surface area contributed by atoms with E-state index in [0.29, 0.717) is 0 Å². The van der Waals surface area contributed by atoms with Crippen LogP contribution in [0.15, 0.2) is 29.2 Å². The van der Waals surface area contributed by atoms with E-state index in [-0.39, 0.29) is 23.0 Å². The highest BCUT2D eigenvalue weighted by Gasteiger charge is 2.33. The van der Waals surface area contributed by atoms with Crippen LogP contribution in [0.25, 0.3) is 0 Å². The van der Waals surface area contributed by atoms with Crippen LogP contribution < -0.4 is 5.73 Å². The van der Waals surface area contributed by atoms with Gasteiger partial charge in [-0.1, -0.05) is 12.1 Å². The molecule has 18 heavy (non-hydrogen) atoms. The summed E-state index contributed by atoms with van der Waals surface area (Å²) in [4.78, 5) is 0.0931. The van der Waals surface area contributed by atoms with Gasteiger partial charge in [-0.05, 0) is 30.9 Å². The third-order valence-corrected chi connectivity index (χ3v) is 5.11. The lowest BCUT2D eigenvalue weighted by Crippen LogP contribution is -2.35. The molecule has 1 aliphatic rings. The predicted octanol–water partition coefficient (Wildman–Crippen LogP) is 0.660. The maximum atomic E-state index is 12.3. The normalized spacial score (nSPS) is 17.9. The summed E-state index contributed by atoms with van der Waals surface area (Å²) in [5.41, 5.74) is 5.91. The predicted molar refractivity (Wildman–Crippen MR) is 69.4 cm³/mol. The fraction of sp³-hybridized carbons (Fsp3) is 0.500. The molecule has 1 aliphatic carbocycles. The molecule has 1 fully saturated rings. The Labute approximate surface area is 107 Å². The Morgan fingerprint density at radius 2 is 2.06 bits per heavy atom. The van der Waals surface area contributed by atoms with Crippen molar-refractivity contribution in [2.75, 3.05) is 19.3 Å². The molecule has 0 amide bonds. The molecule has 1 aromatic rings. The van der Waals surface area contributed by atoms with Gasteiger partial charge in [0.05, 0.1) is 11.8 Å². The third-order valence-electron chi connectivity index (χ3n) is 3.22. The van der Waals surface area contributed by atoms with Crippen LogP contribution in [0.5, 0.6) is 0 Å². The Hall–Kier alpha value is -1.11. The highest BCUT2D eigenvalue weighted by molar-refractivity contribution is 7.89. The molecule has 0 aromatic heterocycles. The SMILES string of the molecule is CN(CC(O)C1CC1)S(=O)(=O)c1ccccc1N. The Bertz CT molecular complexity index is 526. The number of rotatable bonds is 5. The first kappa shape index (κ1) is 13.3. The summed E-state index contributed by atoms with van der Waals surface area (Å²) >= 11 is 0. The number of anilines is 1. The van der Waals surface area contributed by atoms with E-state index in [9.17, 15) is 13.5 Å². The summed E-state index contributed by atoms with van der Waals surface area (Å²) in [6.07, 6.45) is 1.36. The van der Waals surface area contributed by atoms with Crippen molar-refractivity contribution in [1.29, 1.82) is 0 Å². The summed E-state index contributed by atoms with van der Waals surface area (Å²) in [6.45, 7) is 0.112. The quantitative estimate of drug-likeness (QED) is 0.770. The molecule has 0 heterocycles. The van der Waals surface area contributed by atoms with Crippen LogP contribution in [0.3, 0.4) is 0 Å². The molecule has 1 unspecified atom stereocenters. The zero-order valence-electron chi connectivity index (χ0n) is 10.3. The first-order chi connectivity index (χ1) is 8.43. The van der Waals surface area contributed by atoms with Crippen molar-refractivity contribution in [2.24, 2.45) is 5.92 Å². The third kappa shape index (κ3) is 2.66. The van der Waals surface area contributed by atoms with Crippen LogP contribution in [-0.2, 0) is 10.0 Å². The average Bonchev–Trinajstić information content (AvgIpc) is 3.12. The van der Waals surface area contributed by atoms with Crippen LogP contribution in [0, 0.1) is 5.92 Å². The molecule has 1 aromatic carbocycles. The minimum Gasteiger partial charge on any atom is -0.398 e. The van der Waals surface area contributed by atoms with Gasteiger partial charge in [-0.3, -0.25) is 0 Å². The number of aliphatic hydroxyl groups is 1. The van der Waals surface area contributed by atoms with E-state index in [2.05, 4.69) is 0 Å². The van der Waals surface area contributed by atoms with Crippen LogP contribution in [0.2, 0.25) is 0 Å². The lowest BCUT2D eigenvalue weighted by atomic mass is 10.2. The van der Waals surface area contributed by atoms with Crippen molar-refractivity contribution < 1.29 is 13.5 Å². The molecule has 6 heteroatoms. The number of nitrogen functional groups attached to an aromatic ring is 1. The maximum Gasteiger partial charge on any atom is 0.244 e. The van der Waals surface area contributed by atoms with Gasteiger partial charge in [-0.2, -0.15) is 4.31 Å². The number of sulfonamides is 1. The van der Waals surface area contributed by atoms with E-state index >= 15 is 0 Å².